The van der Waals surface area contributed by atoms with E-state index in [1.807, 2.05) is 31.4 Å². The Hall–Kier alpha value is -2.55. The van der Waals surface area contributed by atoms with Gasteiger partial charge in [-0.2, -0.15) is 4.99 Å². The maximum absolute atomic E-state index is 12.8. The Morgan fingerprint density at radius 2 is 2.07 bits per heavy atom. The van der Waals surface area contributed by atoms with Crippen LogP contribution in [0.1, 0.15) is 28.4 Å². The number of benzene rings is 2. The second-order valence-corrected chi connectivity index (χ2v) is 7.92. The fourth-order valence-corrected chi connectivity index (χ4v) is 4.55. The zero-order valence-electron chi connectivity index (χ0n) is 16.3. The molecule has 0 saturated carbocycles. The van der Waals surface area contributed by atoms with Gasteiger partial charge in [0.05, 0.1) is 32.3 Å². The van der Waals surface area contributed by atoms with Crippen molar-refractivity contribution in [2.45, 2.75) is 27.3 Å². The number of fused-ring (bicyclic) bond motifs is 1. The summed E-state index contributed by atoms with van der Waals surface area (Å²) in [5.41, 5.74) is 2.99. The molecule has 0 saturated heterocycles. The summed E-state index contributed by atoms with van der Waals surface area (Å²) in [5.74, 6) is -0.621. The number of hydrogen-bond donors (Lipinski definition) is 0. The van der Waals surface area contributed by atoms with Gasteiger partial charge < -0.3 is 9.30 Å². The molecule has 0 fully saturated rings. The minimum absolute atomic E-state index is 0.00239. The molecule has 9 heteroatoms. The number of thiazole rings is 1. The maximum atomic E-state index is 12.8. The summed E-state index contributed by atoms with van der Waals surface area (Å²) in [6.07, 6.45) is 0. The number of aromatic nitrogens is 1. The van der Waals surface area contributed by atoms with Gasteiger partial charge in [-0.15, -0.1) is 0 Å². The van der Waals surface area contributed by atoms with Crippen molar-refractivity contribution in [3.63, 3.8) is 0 Å². The predicted octanol–water partition coefficient (Wildman–Crippen LogP) is 4.66. The molecule has 0 atom stereocenters. The van der Waals surface area contributed by atoms with Gasteiger partial charge in [0.1, 0.15) is 0 Å². The zero-order chi connectivity index (χ0) is 21.1. The highest BCUT2D eigenvalue weighted by atomic mass is 35.5. The van der Waals surface area contributed by atoms with E-state index in [1.165, 1.54) is 23.5 Å². The van der Waals surface area contributed by atoms with E-state index >= 15 is 0 Å². The van der Waals surface area contributed by atoms with Gasteiger partial charge in [0.2, 0.25) is 0 Å². The van der Waals surface area contributed by atoms with Gasteiger partial charge in [-0.25, -0.2) is 0 Å². The average Bonchev–Trinajstić information content (AvgIpc) is 2.99. The van der Waals surface area contributed by atoms with Crippen LogP contribution in [0.5, 0.6) is 0 Å². The first-order valence-electron chi connectivity index (χ1n) is 9.03. The molecule has 0 aliphatic rings. The molecular formula is C20H20ClN3O4S. The lowest BCUT2D eigenvalue weighted by molar-refractivity contribution is -0.384. The van der Waals surface area contributed by atoms with Crippen molar-refractivity contribution in [2.24, 2.45) is 4.99 Å². The summed E-state index contributed by atoms with van der Waals surface area (Å²) in [4.78, 5) is 28.0. The molecule has 2 aromatic carbocycles. The first-order chi connectivity index (χ1) is 13.8. The van der Waals surface area contributed by atoms with Crippen LogP contribution in [0.2, 0.25) is 5.02 Å². The Balaban J connectivity index is 2.15. The van der Waals surface area contributed by atoms with Gasteiger partial charge in [-0.1, -0.05) is 29.0 Å². The van der Waals surface area contributed by atoms with E-state index in [-0.39, 0.29) is 16.3 Å². The van der Waals surface area contributed by atoms with Crippen molar-refractivity contribution in [1.29, 1.82) is 0 Å². The van der Waals surface area contributed by atoms with E-state index in [0.717, 1.165) is 27.4 Å². The molecule has 0 spiro atoms. The molecular weight excluding hydrogens is 414 g/mol. The highest BCUT2D eigenvalue weighted by molar-refractivity contribution is 7.16. The number of halogens is 1. The molecule has 0 aliphatic heterocycles. The fraction of sp³-hybridized carbons (Fsp3) is 0.300. The van der Waals surface area contributed by atoms with E-state index in [9.17, 15) is 14.9 Å². The number of nitro benzene ring substituents is 1. The number of carbonyl (C=O) groups excluding carboxylic acids is 1. The molecule has 0 N–H and O–H groups in total. The number of rotatable bonds is 6. The van der Waals surface area contributed by atoms with Crippen molar-refractivity contribution in [3.8, 4) is 0 Å². The van der Waals surface area contributed by atoms with Crippen LogP contribution in [0.4, 0.5) is 5.69 Å². The number of amides is 1. The monoisotopic (exact) mass is 433 g/mol. The lowest BCUT2D eigenvalue weighted by Crippen LogP contribution is -2.20. The molecule has 0 unspecified atom stereocenters. The van der Waals surface area contributed by atoms with Gasteiger partial charge in [0.15, 0.2) is 4.80 Å². The zero-order valence-corrected chi connectivity index (χ0v) is 17.8. The van der Waals surface area contributed by atoms with Gasteiger partial charge in [0.25, 0.3) is 11.6 Å². The SMILES string of the molecule is CCOCCn1c(=NC(=O)c2cc([N+](=O)[O-])ccc2Cl)sc2cc(C)cc(C)c21. The molecule has 152 valence electrons. The second-order valence-electron chi connectivity index (χ2n) is 6.50. The summed E-state index contributed by atoms with van der Waals surface area (Å²) in [6, 6.07) is 7.88. The number of non-ortho nitro benzene ring substituents is 1. The third kappa shape index (κ3) is 4.55. The molecule has 3 rings (SSSR count). The van der Waals surface area contributed by atoms with Crippen LogP contribution < -0.4 is 4.80 Å². The van der Waals surface area contributed by atoms with Gasteiger partial charge in [-0.3, -0.25) is 14.9 Å². The van der Waals surface area contributed by atoms with Crippen LogP contribution in [-0.2, 0) is 11.3 Å². The second kappa shape index (κ2) is 8.86. The summed E-state index contributed by atoms with van der Waals surface area (Å²) < 4.78 is 8.45. The van der Waals surface area contributed by atoms with Crippen molar-refractivity contribution in [1.82, 2.24) is 4.57 Å². The Morgan fingerprint density at radius 1 is 1.31 bits per heavy atom. The van der Waals surface area contributed by atoms with E-state index in [4.69, 9.17) is 16.3 Å². The third-order valence-electron chi connectivity index (χ3n) is 4.36. The quantitative estimate of drug-likeness (QED) is 0.321. The first-order valence-corrected chi connectivity index (χ1v) is 10.2. The number of ether oxygens (including phenoxy) is 1. The molecule has 7 nitrogen and oxygen atoms in total. The fourth-order valence-electron chi connectivity index (χ4n) is 3.12. The topological polar surface area (TPSA) is 86.7 Å². The Labute approximate surface area is 176 Å². The highest BCUT2D eigenvalue weighted by Gasteiger charge is 2.17. The standard InChI is InChI=1S/C20H20ClN3O4S/c1-4-28-8-7-23-18-13(3)9-12(2)10-17(18)29-20(23)22-19(25)15-11-14(24(26)27)5-6-16(15)21/h5-6,9-11H,4,7-8H2,1-3H3. The molecule has 1 heterocycles. The molecule has 29 heavy (non-hydrogen) atoms. The molecule has 1 aromatic heterocycles. The summed E-state index contributed by atoms with van der Waals surface area (Å²) in [7, 11) is 0. The summed E-state index contributed by atoms with van der Waals surface area (Å²) >= 11 is 7.49. The van der Waals surface area contributed by atoms with Crippen LogP contribution in [0.25, 0.3) is 10.2 Å². The van der Waals surface area contributed by atoms with Crippen LogP contribution in [0.15, 0.2) is 35.3 Å². The number of aryl methyl sites for hydroxylation is 2. The van der Waals surface area contributed by atoms with Crippen LogP contribution in [0.3, 0.4) is 0 Å². The van der Waals surface area contributed by atoms with Crippen molar-refractivity contribution >= 4 is 44.7 Å². The Morgan fingerprint density at radius 3 is 2.76 bits per heavy atom. The van der Waals surface area contributed by atoms with Crippen LogP contribution >= 0.6 is 22.9 Å². The van der Waals surface area contributed by atoms with E-state index < -0.39 is 10.8 Å². The normalized spacial score (nSPS) is 11.9. The lowest BCUT2D eigenvalue weighted by atomic mass is 10.1. The maximum Gasteiger partial charge on any atom is 0.281 e. The largest absolute Gasteiger partial charge is 0.380 e. The average molecular weight is 434 g/mol. The van der Waals surface area contributed by atoms with E-state index in [2.05, 4.69) is 11.1 Å². The van der Waals surface area contributed by atoms with E-state index in [1.54, 1.807) is 0 Å². The number of nitrogens with zero attached hydrogens (tertiary/aromatic N) is 3. The predicted molar refractivity (Wildman–Crippen MR) is 114 cm³/mol. The van der Waals surface area contributed by atoms with Crippen molar-refractivity contribution in [3.05, 3.63) is 67.0 Å². The molecule has 1 amide bonds. The highest BCUT2D eigenvalue weighted by Crippen LogP contribution is 2.25. The number of carbonyl (C=O) groups is 1. The minimum atomic E-state index is -0.621. The summed E-state index contributed by atoms with van der Waals surface area (Å²) in [6.45, 7) is 7.56. The lowest BCUT2D eigenvalue weighted by Gasteiger charge is -2.08. The van der Waals surface area contributed by atoms with Gasteiger partial charge in [0, 0.05) is 25.3 Å². The Kier molecular flexibility index (Phi) is 6.46. The van der Waals surface area contributed by atoms with Crippen LogP contribution in [0, 0.1) is 24.0 Å². The Bertz CT molecular complexity index is 1170. The third-order valence-corrected chi connectivity index (χ3v) is 5.72. The smallest absolute Gasteiger partial charge is 0.281 e. The molecule has 0 radical (unpaired) electrons. The van der Waals surface area contributed by atoms with Gasteiger partial charge in [-0.05, 0) is 44.0 Å². The number of hydrogen-bond acceptors (Lipinski definition) is 5. The first kappa shape index (κ1) is 21.2. The molecule has 3 aromatic rings. The molecule has 0 aliphatic carbocycles. The number of nitro groups is 1. The van der Waals surface area contributed by atoms with Crippen molar-refractivity contribution in [2.75, 3.05) is 13.2 Å². The van der Waals surface area contributed by atoms with Crippen molar-refractivity contribution < 1.29 is 14.5 Å². The summed E-state index contributed by atoms with van der Waals surface area (Å²) in [5, 5.41) is 11.2. The molecule has 0 bridgehead atoms. The minimum Gasteiger partial charge on any atom is -0.380 e. The van der Waals surface area contributed by atoms with Crippen LogP contribution in [-0.4, -0.2) is 28.6 Å². The van der Waals surface area contributed by atoms with Gasteiger partial charge >= 0.3 is 0 Å². The van der Waals surface area contributed by atoms with E-state index in [0.29, 0.717) is 24.6 Å².